The highest BCUT2D eigenvalue weighted by Gasteiger charge is 2.71. The molecule has 146 valence electrons. The topological polar surface area (TPSA) is 26.3 Å². The van der Waals surface area contributed by atoms with Crippen molar-refractivity contribution in [1.82, 2.24) is 0 Å². The third kappa shape index (κ3) is 2.32. The first kappa shape index (κ1) is 18.6. The van der Waals surface area contributed by atoms with Gasteiger partial charge in [-0.3, -0.25) is 4.79 Å². The van der Waals surface area contributed by atoms with Gasteiger partial charge in [0.15, 0.2) is 0 Å². The van der Waals surface area contributed by atoms with Crippen LogP contribution in [0.25, 0.3) is 0 Å². The number of rotatable bonds is 2. The van der Waals surface area contributed by atoms with E-state index in [1.165, 1.54) is 44.1 Å². The fourth-order valence-corrected chi connectivity index (χ4v) is 8.73. The van der Waals surface area contributed by atoms with Crippen molar-refractivity contribution in [3.05, 3.63) is 12.2 Å². The van der Waals surface area contributed by atoms with Gasteiger partial charge in [0.05, 0.1) is 0 Å². The Bertz CT molecular complexity index is 595. The van der Waals surface area contributed by atoms with E-state index >= 15 is 0 Å². The zero-order valence-corrected chi connectivity index (χ0v) is 17.5. The lowest BCUT2D eigenvalue weighted by Crippen LogP contribution is -2.46. The number of hydrogen-bond acceptors (Lipinski definition) is 2. The number of carbonyl (C=O) groups is 1. The van der Waals surface area contributed by atoms with Gasteiger partial charge in [0, 0.05) is 6.92 Å². The molecule has 5 aliphatic carbocycles. The van der Waals surface area contributed by atoms with E-state index in [4.69, 9.17) is 4.74 Å². The standard InChI is InChI=1S/C22H32O2.C2H6/c1-5-14-9-22(8-11(14)2)10-15-6-18(22)20-17-7-16(19(15)20)12(3)21(17)24-13(4)23;1-2/h12,14-21H,2,5-10H2,1,3-4H3;1-2H3. The predicted molar refractivity (Wildman–Crippen MR) is 105 cm³/mol. The number of fused-ring (bicyclic) bond motifs is 10. The van der Waals surface area contributed by atoms with Gasteiger partial charge in [-0.2, -0.15) is 0 Å². The molecule has 0 N–H and O–H groups in total. The van der Waals surface area contributed by atoms with Gasteiger partial charge in [0.1, 0.15) is 6.10 Å². The lowest BCUT2D eigenvalue weighted by molar-refractivity contribution is -0.156. The Morgan fingerprint density at radius 1 is 1.19 bits per heavy atom. The zero-order valence-electron chi connectivity index (χ0n) is 17.5. The Labute approximate surface area is 160 Å². The molecule has 0 aromatic heterocycles. The van der Waals surface area contributed by atoms with Gasteiger partial charge in [-0.25, -0.2) is 0 Å². The number of esters is 1. The largest absolute Gasteiger partial charge is 0.462 e. The number of carbonyl (C=O) groups excluding carboxylic acids is 1. The summed E-state index contributed by atoms with van der Waals surface area (Å²) in [5.41, 5.74) is 2.10. The number of ether oxygens (including phenoxy) is 1. The van der Waals surface area contributed by atoms with Gasteiger partial charge in [-0.15, -0.1) is 0 Å². The second-order valence-electron chi connectivity index (χ2n) is 9.96. The summed E-state index contributed by atoms with van der Waals surface area (Å²) in [6, 6.07) is 0. The minimum absolute atomic E-state index is 0.0749. The molecule has 1 spiro atoms. The molecule has 0 amide bonds. The Morgan fingerprint density at radius 2 is 1.92 bits per heavy atom. The molecule has 0 heterocycles. The molecule has 10 unspecified atom stereocenters. The van der Waals surface area contributed by atoms with Crippen LogP contribution in [-0.2, 0) is 9.53 Å². The molecule has 5 saturated carbocycles. The zero-order chi connectivity index (χ0) is 18.8. The van der Waals surface area contributed by atoms with Crippen LogP contribution in [0.15, 0.2) is 12.2 Å². The van der Waals surface area contributed by atoms with Crippen molar-refractivity contribution in [3.63, 3.8) is 0 Å². The van der Waals surface area contributed by atoms with Gasteiger partial charge in [-0.05, 0) is 91.3 Å². The van der Waals surface area contributed by atoms with Crippen LogP contribution in [0.2, 0.25) is 0 Å². The van der Waals surface area contributed by atoms with E-state index in [9.17, 15) is 4.79 Å². The van der Waals surface area contributed by atoms with E-state index in [0.29, 0.717) is 17.3 Å². The maximum Gasteiger partial charge on any atom is 0.302 e. The van der Waals surface area contributed by atoms with Gasteiger partial charge in [0.2, 0.25) is 0 Å². The first-order valence-corrected chi connectivity index (χ1v) is 11.3. The first-order chi connectivity index (χ1) is 12.4. The maximum atomic E-state index is 11.6. The molecule has 26 heavy (non-hydrogen) atoms. The third-order valence-electron chi connectivity index (χ3n) is 9.22. The minimum Gasteiger partial charge on any atom is -0.462 e. The molecule has 5 fully saturated rings. The SMILES string of the molecule is C=C1CC2(CC1CC)CC1CC2C2C3CC(C(C)C3OC(C)=O)C12.CC. The summed E-state index contributed by atoms with van der Waals surface area (Å²) in [7, 11) is 0. The highest BCUT2D eigenvalue weighted by Crippen LogP contribution is 2.76. The van der Waals surface area contributed by atoms with E-state index in [1.807, 2.05) is 13.8 Å². The van der Waals surface area contributed by atoms with Gasteiger partial charge < -0.3 is 4.74 Å². The van der Waals surface area contributed by atoms with E-state index in [0.717, 1.165) is 35.5 Å². The van der Waals surface area contributed by atoms with Crippen molar-refractivity contribution in [2.75, 3.05) is 0 Å². The summed E-state index contributed by atoms with van der Waals surface area (Å²) in [5, 5.41) is 0. The van der Waals surface area contributed by atoms with Crippen LogP contribution in [0.3, 0.4) is 0 Å². The van der Waals surface area contributed by atoms with Crippen LogP contribution in [-0.4, -0.2) is 12.1 Å². The number of hydrogen-bond donors (Lipinski definition) is 0. The molecular formula is C24H38O2. The third-order valence-corrected chi connectivity index (χ3v) is 9.22. The van der Waals surface area contributed by atoms with E-state index < -0.39 is 0 Å². The number of allylic oxidation sites excluding steroid dienone is 1. The van der Waals surface area contributed by atoms with Crippen LogP contribution in [0, 0.1) is 52.8 Å². The van der Waals surface area contributed by atoms with Crippen molar-refractivity contribution >= 4 is 5.97 Å². The lowest BCUT2D eigenvalue weighted by atomic mass is 9.58. The van der Waals surface area contributed by atoms with Crippen molar-refractivity contribution in [2.24, 2.45) is 52.8 Å². The molecule has 0 aliphatic heterocycles. The fraction of sp³-hybridized carbons (Fsp3) is 0.875. The summed E-state index contributed by atoms with van der Waals surface area (Å²) in [5.74, 6) is 6.39. The first-order valence-electron chi connectivity index (χ1n) is 11.3. The summed E-state index contributed by atoms with van der Waals surface area (Å²) in [6.07, 6.45) is 8.44. The molecule has 0 aromatic carbocycles. The van der Waals surface area contributed by atoms with E-state index in [1.54, 1.807) is 6.92 Å². The van der Waals surface area contributed by atoms with Crippen molar-refractivity contribution in [1.29, 1.82) is 0 Å². The van der Waals surface area contributed by atoms with Crippen LogP contribution >= 0.6 is 0 Å². The molecule has 5 rings (SSSR count). The summed E-state index contributed by atoms with van der Waals surface area (Å²) in [4.78, 5) is 11.6. The molecule has 0 aromatic rings. The fourth-order valence-electron chi connectivity index (χ4n) is 8.73. The minimum atomic E-state index is -0.0749. The van der Waals surface area contributed by atoms with Crippen LogP contribution in [0.5, 0.6) is 0 Å². The Morgan fingerprint density at radius 3 is 2.54 bits per heavy atom. The maximum absolute atomic E-state index is 11.6. The Hall–Kier alpha value is -0.790. The molecule has 2 heteroatoms. The van der Waals surface area contributed by atoms with E-state index in [2.05, 4.69) is 20.4 Å². The summed E-state index contributed by atoms with van der Waals surface area (Å²) >= 11 is 0. The molecule has 0 saturated heterocycles. The summed E-state index contributed by atoms with van der Waals surface area (Å²) in [6.45, 7) is 14.7. The van der Waals surface area contributed by atoms with Crippen LogP contribution in [0.1, 0.15) is 73.1 Å². The second-order valence-corrected chi connectivity index (χ2v) is 9.96. The molecule has 10 atom stereocenters. The van der Waals surface area contributed by atoms with Crippen molar-refractivity contribution in [3.8, 4) is 0 Å². The second kappa shape index (κ2) is 6.38. The average Bonchev–Trinajstić information content (AvgIpc) is 3.37. The van der Waals surface area contributed by atoms with Crippen LogP contribution in [0.4, 0.5) is 0 Å². The van der Waals surface area contributed by atoms with Gasteiger partial charge in [0.25, 0.3) is 0 Å². The monoisotopic (exact) mass is 358 g/mol. The van der Waals surface area contributed by atoms with Gasteiger partial charge in [-0.1, -0.05) is 39.8 Å². The molecule has 2 nitrogen and oxygen atoms in total. The lowest BCUT2D eigenvalue weighted by Gasteiger charge is -2.48. The Kier molecular flexibility index (Phi) is 4.56. The molecule has 0 radical (unpaired) electrons. The molecular weight excluding hydrogens is 320 g/mol. The predicted octanol–water partition coefficient (Wildman–Crippen LogP) is 5.86. The quantitative estimate of drug-likeness (QED) is 0.351. The molecule has 4 bridgehead atoms. The van der Waals surface area contributed by atoms with E-state index in [-0.39, 0.29) is 12.1 Å². The van der Waals surface area contributed by atoms with Crippen molar-refractivity contribution < 1.29 is 9.53 Å². The van der Waals surface area contributed by atoms with Gasteiger partial charge >= 0.3 is 5.97 Å². The highest BCUT2D eigenvalue weighted by atomic mass is 16.5. The summed E-state index contributed by atoms with van der Waals surface area (Å²) < 4.78 is 5.83. The Balaban J connectivity index is 0.000000814. The van der Waals surface area contributed by atoms with Crippen LogP contribution < -0.4 is 0 Å². The normalized spacial score (nSPS) is 53.0. The average molecular weight is 359 g/mol. The smallest absolute Gasteiger partial charge is 0.302 e. The molecule has 5 aliphatic rings. The van der Waals surface area contributed by atoms with Crippen molar-refractivity contribution in [2.45, 2.75) is 79.2 Å². The highest BCUT2D eigenvalue weighted by molar-refractivity contribution is 5.66.